The van der Waals surface area contributed by atoms with Crippen LogP contribution < -0.4 is 4.74 Å². The van der Waals surface area contributed by atoms with Crippen LogP contribution >= 0.6 is 0 Å². The van der Waals surface area contributed by atoms with Crippen LogP contribution in [0.4, 0.5) is 8.78 Å². The van der Waals surface area contributed by atoms with Crippen molar-refractivity contribution >= 4 is 15.9 Å². The SMILES string of the molecule is CN(Cc1ccccc1)C(=O)CC1(COc2ccccc2)CCCN(S(=O)(=O)Cc2cc(F)cc(F)c2)C1. The maximum Gasteiger partial charge on any atom is 0.223 e. The number of piperidine rings is 1. The number of nitrogens with zero attached hydrogens (tertiary/aromatic N) is 2. The third-order valence-electron chi connectivity index (χ3n) is 6.79. The van der Waals surface area contributed by atoms with E-state index in [0.29, 0.717) is 31.2 Å². The lowest BCUT2D eigenvalue weighted by atomic mass is 9.78. The van der Waals surface area contributed by atoms with Gasteiger partial charge < -0.3 is 9.64 Å². The van der Waals surface area contributed by atoms with E-state index in [9.17, 15) is 22.0 Å². The van der Waals surface area contributed by atoms with Gasteiger partial charge in [-0.3, -0.25) is 4.79 Å². The Morgan fingerprint density at radius 2 is 1.61 bits per heavy atom. The molecule has 38 heavy (non-hydrogen) atoms. The van der Waals surface area contributed by atoms with Crippen LogP contribution in [0.1, 0.15) is 30.4 Å². The Balaban J connectivity index is 1.54. The molecule has 1 atom stereocenters. The first-order valence-electron chi connectivity index (χ1n) is 12.5. The van der Waals surface area contributed by atoms with Crippen molar-refractivity contribution in [3.8, 4) is 5.75 Å². The molecule has 0 saturated carbocycles. The molecule has 1 heterocycles. The monoisotopic (exact) mass is 542 g/mol. The molecule has 3 aromatic rings. The fraction of sp³-hybridized carbons (Fsp3) is 0.345. The molecular weight excluding hydrogens is 510 g/mol. The summed E-state index contributed by atoms with van der Waals surface area (Å²) in [5, 5.41) is 0. The standard InChI is InChI=1S/C29H32F2N2O4S/c1-32(19-23-9-4-2-5-10-23)28(34)18-29(22-37-27-11-6-3-7-12-27)13-8-14-33(21-29)38(35,36)20-24-15-25(30)17-26(31)16-24/h2-7,9-12,15-17H,8,13-14,18-22H2,1H3. The summed E-state index contributed by atoms with van der Waals surface area (Å²) < 4.78 is 61.5. The molecule has 9 heteroatoms. The minimum Gasteiger partial charge on any atom is -0.493 e. The molecule has 0 bridgehead atoms. The average Bonchev–Trinajstić information content (AvgIpc) is 2.88. The van der Waals surface area contributed by atoms with Crippen molar-refractivity contribution in [3.63, 3.8) is 0 Å². The Morgan fingerprint density at radius 3 is 2.26 bits per heavy atom. The predicted octanol–water partition coefficient (Wildman–Crippen LogP) is 5.00. The molecule has 0 spiro atoms. The van der Waals surface area contributed by atoms with E-state index in [4.69, 9.17) is 4.74 Å². The highest BCUT2D eigenvalue weighted by Gasteiger charge is 2.42. The molecule has 1 amide bonds. The van der Waals surface area contributed by atoms with Crippen LogP contribution in [0, 0.1) is 17.0 Å². The number of halogens is 2. The Morgan fingerprint density at radius 1 is 0.974 bits per heavy atom. The largest absolute Gasteiger partial charge is 0.493 e. The Bertz CT molecular complexity index is 1320. The Kier molecular flexibility index (Phi) is 8.79. The summed E-state index contributed by atoms with van der Waals surface area (Å²) in [6.07, 6.45) is 1.24. The van der Waals surface area contributed by atoms with Gasteiger partial charge in [-0.25, -0.2) is 21.5 Å². The lowest BCUT2D eigenvalue weighted by Gasteiger charge is -2.42. The van der Waals surface area contributed by atoms with Gasteiger partial charge in [-0.2, -0.15) is 0 Å². The van der Waals surface area contributed by atoms with Crippen LogP contribution in [0.15, 0.2) is 78.9 Å². The lowest BCUT2D eigenvalue weighted by Crippen LogP contribution is -2.50. The molecule has 0 aromatic heterocycles. The van der Waals surface area contributed by atoms with Crippen LogP contribution in [0.2, 0.25) is 0 Å². The van der Waals surface area contributed by atoms with Crippen molar-refractivity contribution in [3.05, 3.63) is 102 Å². The fourth-order valence-electron chi connectivity index (χ4n) is 4.86. The highest BCUT2D eigenvalue weighted by molar-refractivity contribution is 7.88. The number of benzene rings is 3. The zero-order valence-electron chi connectivity index (χ0n) is 21.4. The van der Waals surface area contributed by atoms with Gasteiger partial charge in [0.15, 0.2) is 0 Å². The van der Waals surface area contributed by atoms with E-state index in [2.05, 4.69) is 0 Å². The molecule has 0 aliphatic carbocycles. The average molecular weight is 543 g/mol. The summed E-state index contributed by atoms with van der Waals surface area (Å²) in [6.45, 7) is 0.928. The van der Waals surface area contributed by atoms with E-state index in [1.807, 2.05) is 60.7 Å². The maximum atomic E-state index is 13.7. The number of amides is 1. The van der Waals surface area contributed by atoms with E-state index >= 15 is 0 Å². The Hall–Kier alpha value is -3.30. The molecule has 1 fully saturated rings. The van der Waals surface area contributed by atoms with E-state index in [-0.39, 0.29) is 37.6 Å². The molecule has 1 saturated heterocycles. The second-order valence-corrected chi connectivity index (χ2v) is 12.0. The molecule has 202 valence electrons. The van der Waals surface area contributed by atoms with Crippen LogP contribution in [-0.2, 0) is 27.1 Å². The van der Waals surface area contributed by atoms with Crippen LogP contribution in [0.25, 0.3) is 0 Å². The van der Waals surface area contributed by atoms with Crippen molar-refractivity contribution in [2.75, 3.05) is 26.7 Å². The van der Waals surface area contributed by atoms with Crippen LogP contribution in [0.3, 0.4) is 0 Å². The van der Waals surface area contributed by atoms with Gasteiger partial charge in [-0.05, 0) is 48.2 Å². The number of hydrogen-bond acceptors (Lipinski definition) is 4. The number of hydrogen-bond donors (Lipinski definition) is 0. The minimum absolute atomic E-state index is 0.0397. The number of ether oxygens (including phenoxy) is 1. The minimum atomic E-state index is -3.91. The summed E-state index contributed by atoms with van der Waals surface area (Å²) >= 11 is 0. The predicted molar refractivity (Wildman–Crippen MR) is 142 cm³/mol. The number of sulfonamides is 1. The van der Waals surface area contributed by atoms with Gasteiger partial charge in [-0.1, -0.05) is 48.5 Å². The van der Waals surface area contributed by atoms with Gasteiger partial charge in [0.2, 0.25) is 15.9 Å². The highest BCUT2D eigenvalue weighted by atomic mass is 32.2. The topological polar surface area (TPSA) is 66.9 Å². The number of para-hydroxylation sites is 1. The molecule has 1 unspecified atom stereocenters. The molecule has 6 nitrogen and oxygen atoms in total. The molecular formula is C29H32F2N2O4S. The molecule has 0 radical (unpaired) electrons. The maximum absolute atomic E-state index is 13.7. The zero-order chi connectivity index (χ0) is 27.2. The number of carbonyl (C=O) groups excluding carboxylic acids is 1. The highest BCUT2D eigenvalue weighted by Crippen LogP contribution is 2.37. The first kappa shape index (κ1) is 27.7. The van der Waals surface area contributed by atoms with Gasteiger partial charge in [0.05, 0.1) is 12.4 Å². The van der Waals surface area contributed by atoms with E-state index in [1.54, 1.807) is 11.9 Å². The molecule has 4 rings (SSSR count). The lowest BCUT2D eigenvalue weighted by molar-refractivity contribution is -0.134. The van der Waals surface area contributed by atoms with Gasteiger partial charge in [0.1, 0.15) is 17.4 Å². The van der Waals surface area contributed by atoms with Gasteiger partial charge in [0.25, 0.3) is 0 Å². The van der Waals surface area contributed by atoms with E-state index in [1.165, 1.54) is 4.31 Å². The number of rotatable bonds is 10. The second kappa shape index (κ2) is 12.0. The van der Waals surface area contributed by atoms with Crippen molar-refractivity contribution in [1.82, 2.24) is 9.21 Å². The first-order valence-corrected chi connectivity index (χ1v) is 14.1. The van der Waals surface area contributed by atoms with Gasteiger partial charge in [0, 0.05) is 44.6 Å². The summed E-state index contributed by atoms with van der Waals surface area (Å²) in [5.74, 6) is -1.67. The number of carbonyl (C=O) groups is 1. The van der Waals surface area contributed by atoms with Crippen molar-refractivity contribution < 1.29 is 26.7 Å². The molecule has 1 aliphatic heterocycles. The first-order chi connectivity index (χ1) is 18.1. The normalized spacial score (nSPS) is 18.2. The van der Waals surface area contributed by atoms with E-state index in [0.717, 1.165) is 17.7 Å². The van der Waals surface area contributed by atoms with Crippen LogP contribution in [0.5, 0.6) is 5.75 Å². The summed E-state index contributed by atoms with van der Waals surface area (Å²) in [6, 6.07) is 21.6. The fourth-order valence-corrected chi connectivity index (χ4v) is 6.51. The third kappa shape index (κ3) is 7.39. The third-order valence-corrected chi connectivity index (χ3v) is 8.59. The van der Waals surface area contributed by atoms with Crippen LogP contribution in [-0.4, -0.2) is 50.3 Å². The van der Waals surface area contributed by atoms with Gasteiger partial charge in [-0.15, -0.1) is 0 Å². The van der Waals surface area contributed by atoms with Crippen molar-refractivity contribution in [2.45, 2.75) is 31.6 Å². The second-order valence-electron chi connectivity index (χ2n) is 9.98. The summed E-state index contributed by atoms with van der Waals surface area (Å²) in [4.78, 5) is 15.0. The summed E-state index contributed by atoms with van der Waals surface area (Å²) in [5.41, 5.74) is 0.266. The van der Waals surface area contributed by atoms with Crippen molar-refractivity contribution in [1.29, 1.82) is 0 Å². The quantitative estimate of drug-likeness (QED) is 0.362. The van der Waals surface area contributed by atoms with Crippen molar-refractivity contribution in [2.24, 2.45) is 5.41 Å². The van der Waals surface area contributed by atoms with E-state index < -0.39 is 32.8 Å². The van der Waals surface area contributed by atoms with Gasteiger partial charge >= 0.3 is 0 Å². The summed E-state index contributed by atoms with van der Waals surface area (Å²) in [7, 11) is -2.18. The zero-order valence-corrected chi connectivity index (χ0v) is 22.2. The smallest absolute Gasteiger partial charge is 0.223 e. The molecule has 0 N–H and O–H groups in total. The molecule has 1 aliphatic rings. The molecule has 3 aromatic carbocycles. The Labute approximate surface area is 222 Å².